The van der Waals surface area contributed by atoms with Crippen LogP contribution in [-0.2, 0) is 4.74 Å². The minimum atomic E-state index is -0.495. The molecule has 15 heavy (non-hydrogen) atoms. The maximum atomic E-state index is 9.53. The molecule has 0 aliphatic carbocycles. The van der Waals surface area contributed by atoms with Crippen LogP contribution in [0.1, 0.15) is 0 Å². The van der Waals surface area contributed by atoms with Crippen molar-refractivity contribution in [3.8, 4) is 0 Å². The number of pyridine rings is 1. The third-order valence-electron chi connectivity index (χ3n) is 1.95. The molecule has 0 aliphatic heterocycles. The molecule has 0 spiro atoms. The lowest BCUT2D eigenvalue weighted by molar-refractivity contribution is 0.0694. The number of likely N-dealkylation sites (N-methyl/N-ethyl adjacent to an activating group) is 1. The fraction of sp³-hybridized carbons (Fsp3) is 0.500. The first-order valence-corrected chi connectivity index (χ1v) is 5.42. The average Bonchev–Trinajstić information content (AvgIpc) is 2.18. The van der Waals surface area contributed by atoms with E-state index in [1.807, 2.05) is 24.1 Å². The first kappa shape index (κ1) is 12.4. The molecule has 0 fully saturated rings. The summed E-state index contributed by atoms with van der Waals surface area (Å²) in [5.74, 6) is 0.827. The zero-order valence-electron chi connectivity index (χ0n) is 8.85. The highest BCUT2D eigenvalue weighted by molar-refractivity contribution is 9.10. The van der Waals surface area contributed by atoms with Crippen molar-refractivity contribution in [2.24, 2.45) is 0 Å². The molecule has 1 aromatic heterocycles. The van der Waals surface area contributed by atoms with Gasteiger partial charge >= 0.3 is 0 Å². The van der Waals surface area contributed by atoms with Crippen molar-refractivity contribution < 1.29 is 9.84 Å². The van der Waals surface area contributed by atoms with Crippen molar-refractivity contribution in [3.63, 3.8) is 0 Å². The smallest absolute Gasteiger partial charge is 0.128 e. The highest BCUT2D eigenvalue weighted by Crippen LogP contribution is 2.13. The Hall–Kier alpha value is -0.650. The van der Waals surface area contributed by atoms with E-state index in [9.17, 15) is 5.11 Å². The Morgan fingerprint density at radius 3 is 2.87 bits per heavy atom. The van der Waals surface area contributed by atoms with E-state index in [0.29, 0.717) is 13.2 Å². The maximum absolute atomic E-state index is 9.53. The summed E-state index contributed by atoms with van der Waals surface area (Å²) in [5, 5.41) is 9.53. The summed E-state index contributed by atoms with van der Waals surface area (Å²) in [4.78, 5) is 6.10. The van der Waals surface area contributed by atoms with Gasteiger partial charge in [-0.05, 0) is 28.1 Å². The van der Waals surface area contributed by atoms with Gasteiger partial charge < -0.3 is 14.7 Å². The third-order valence-corrected chi connectivity index (χ3v) is 2.42. The Balaban J connectivity index is 2.53. The van der Waals surface area contributed by atoms with Crippen molar-refractivity contribution in [1.29, 1.82) is 0 Å². The zero-order chi connectivity index (χ0) is 11.3. The van der Waals surface area contributed by atoms with Crippen molar-refractivity contribution in [2.45, 2.75) is 6.10 Å². The summed E-state index contributed by atoms with van der Waals surface area (Å²) in [5.41, 5.74) is 0. The summed E-state index contributed by atoms with van der Waals surface area (Å²) >= 11 is 3.32. The number of aromatic nitrogens is 1. The third kappa shape index (κ3) is 4.15. The van der Waals surface area contributed by atoms with Gasteiger partial charge in [0, 0.05) is 31.4 Å². The van der Waals surface area contributed by atoms with Gasteiger partial charge in [0.1, 0.15) is 5.82 Å². The minimum absolute atomic E-state index is 0.334. The molecule has 0 saturated heterocycles. The van der Waals surface area contributed by atoms with Crippen LogP contribution in [0.25, 0.3) is 0 Å². The quantitative estimate of drug-likeness (QED) is 0.879. The lowest BCUT2D eigenvalue weighted by atomic mass is 10.3. The van der Waals surface area contributed by atoms with Gasteiger partial charge in [-0.25, -0.2) is 4.98 Å². The molecule has 0 bridgehead atoms. The molecule has 0 amide bonds. The molecule has 1 rings (SSSR count). The van der Waals surface area contributed by atoms with Gasteiger partial charge in [-0.15, -0.1) is 0 Å². The monoisotopic (exact) mass is 274 g/mol. The van der Waals surface area contributed by atoms with Gasteiger partial charge in [-0.1, -0.05) is 0 Å². The zero-order valence-corrected chi connectivity index (χ0v) is 10.4. The van der Waals surface area contributed by atoms with E-state index in [-0.39, 0.29) is 0 Å². The van der Waals surface area contributed by atoms with Gasteiger partial charge in [0.15, 0.2) is 0 Å². The topological polar surface area (TPSA) is 45.6 Å². The van der Waals surface area contributed by atoms with Crippen LogP contribution in [0, 0.1) is 0 Å². The second-order valence-electron chi connectivity index (χ2n) is 3.32. The minimum Gasteiger partial charge on any atom is -0.389 e. The number of aliphatic hydroxyl groups is 1. The highest BCUT2D eigenvalue weighted by atomic mass is 79.9. The molecule has 1 heterocycles. The largest absolute Gasteiger partial charge is 0.389 e. The number of nitrogens with zero attached hydrogens (tertiary/aromatic N) is 2. The predicted octanol–water partition coefficient (Wildman–Crippen LogP) is 1.29. The molecular formula is C10H15BrN2O2. The van der Waals surface area contributed by atoms with Crippen molar-refractivity contribution in [2.75, 3.05) is 32.2 Å². The normalized spacial score (nSPS) is 12.5. The van der Waals surface area contributed by atoms with Crippen LogP contribution in [-0.4, -0.2) is 43.5 Å². The van der Waals surface area contributed by atoms with E-state index >= 15 is 0 Å². The summed E-state index contributed by atoms with van der Waals surface area (Å²) in [6.07, 6.45) is 1.24. The summed E-state index contributed by atoms with van der Waals surface area (Å²) in [6.45, 7) is 0.837. The molecule has 0 aromatic carbocycles. The molecule has 84 valence electrons. The van der Waals surface area contributed by atoms with E-state index in [4.69, 9.17) is 4.74 Å². The Bertz CT molecular complexity index is 292. The second kappa shape index (κ2) is 6.05. The standard InChI is InChI=1S/C10H15BrN2O2/c1-13(6-9(14)7-15-2)10-4-3-8(11)5-12-10/h3-5,9,14H,6-7H2,1-2H3. The van der Waals surface area contributed by atoms with Crippen LogP contribution in [0.4, 0.5) is 5.82 Å². The van der Waals surface area contributed by atoms with Gasteiger partial charge in [0.2, 0.25) is 0 Å². The number of ether oxygens (including phenoxy) is 1. The van der Waals surface area contributed by atoms with E-state index in [0.717, 1.165) is 10.3 Å². The SMILES string of the molecule is COCC(O)CN(C)c1ccc(Br)cn1. The van der Waals surface area contributed by atoms with Crippen LogP contribution in [0.15, 0.2) is 22.8 Å². The lowest BCUT2D eigenvalue weighted by Crippen LogP contribution is -2.32. The number of hydrogen-bond donors (Lipinski definition) is 1. The summed E-state index contributed by atoms with van der Waals surface area (Å²) in [7, 11) is 3.45. The van der Waals surface area contributed by atoms with Crippen LogP contribution in [0.3, 0.4) is 0 Å². The van der Waals surface area contributed by atoms with Crippen LogP contribution >= 0.6 is 15.9 Å². The Labute approximate surface area is 98.0 Å². The predicted molar refractivity (Wildman–Crippen MR) is 63.1 cm³/mol. The van der Waals surface area contributed by atoms with Gasteiger partial charge in [0.25, 0.3) is 0 Å². The molecule has 1 atom stereocenters. The number of rotatable bonds is 5. The van der Waals surface area contributed by atoms with Gasteiger partial charge in [-0.2, -0.15) is 0 Å². The average molecular weight is 275 g/mol. The molecule has 0 aliphatic rings. The number of anilines is 1. The molecule has 1 N–H and O–H groups in total. The van der Waals surface area contributed by atoms with E-state index in [2.05, 4.69) is 20.9 Å². The van der Waals surface area contributed by atoms with E-state index in [1.54, 1.807) is 13.3 Å². The van der Waals surface area contributed by atoms with Crippen molar-refractivity contribution >= 4 is 21.7 Å². The van der Waals surface area contributed by atoms with Gasteiger partial charge in [-0.3, -0.25) is 0 Å². The van der Waals surface area contributed by atoms with Gasteiger partial charge in [0.05, 0.1) is 12.7 Å². The highest BCUT2D eigenvalue weighted by Gasteiger charge is 2.09. The summed E-state index contributed by atoms with van der Waals surface area (Å²) in [6, 6.07) is 3.81. The Morgan fingerprint density at radius 2 is 2.33 bits per heavy atom. The first-order valence-electron chi connectivity index (χ1n) is 4.63. The molecule has 1 aromatic rings. The van der Waals surface area contributed by atoms with Crippen molar-refractivity contribution in [1.82, 2.24) is 4.98 Å². The Kier molecular flexibility index (Phi) is 5.01. The Morgan fingerprint density at radius 1 is 1.60 bits per heavy atom. The molecule has 0 radical (unpaired) electrons. The first-order chi connectivity index (χ1) is 7.13. The van der Waals surface area contributed by atoms with Crippen LogP contribution in [0.5, 0.6) is 0 Å². The summed E-state index contributed by atoms with van der Waals surface area (Å²) < 4.78 is 5.80. The van der Waals surface area contributed by atoms with E-state index in [1.165, 1.54) is 0 Å². The number of halogens is 1. The molecule has 5 heteroatoms. The van der Waals surface area contributed by atoms with Crippen LogP contribution in [0.2, 0.25) is 0 Å². The van der Waals surface area contributed by atoms with Crippen LogP contribution < -0.4 is 4.90 Å². The van der Waals surface area contributed by atoms with Crippen molar-refractivity contribution in [3.05, 3.63) is 22.8 Å². The molecule has 0 saturated carbocycles. The number of hydrogen-bond acceptors (Lipinski definition) is 4. The molecule has 4 nitrogen and oxygen atoms in total. The fourth-order valence-electron chi connectivity index (χ4n) is 1.25. The molecular weight excluding hydrogens is 260 g/mol. The van der Waals surface area contributed by atoms with E-state index < -0.39 is 6.10 Å². The molecule has 1 unspecified atom stereocenters. The number of methoxy groups -OCH3 is 1. The second-order valence-corrected chi connectivity index (χ2v) is 4.24. The maximum Gasteiger partial charge on any atom is 0.128 e. The number of aliphatic hydroxyl groups excluding tert-OH is 1. The fourth-order valence-corrected chi connectivity index (χ4v) is 1.48. The lowest BCUT2D eigenvalue weighted by Gasteiger charge is -2.21.